The van der Waals surface area contributed by atoms with Crippen LogP contribution in [0, 0.1) is 0 Å². The molecule has 4 heteroatoms. The van der Waals surface area contributed by atoms with Gasteiger partial charge in [0.1, 0.15) is 5.75 Å². The first-order valence-electron chi connectivity index (χ1n) is 6.59. The molecule has 0 fully saturated rings. The minimum absolute atomic E-state index is 0.148. The predicted octanol–water partition coefficient (Wildman–Crippen LogP) is 3.43. The largest absolute Gasteiger partial charge is 0.491 e. The van der Waals surface area contributed by atoms with Crippen LogP contribution in [0.3, 0.4) is 0 Å². The highest BCUT2D eigenvalue weighted by Gasteiger charge is 2.09. The fraction of sp³-hybridized carbons (Fsp3) is 0.400. The fourth-order valence-electron chi connectivity index (χ4n) is 1.99. The van der Waals surface area contributed by atoms with E-state index in [1.54, 1.807) is 0 Å². The molecular weight excluding hydrogens is 238 g/mol. The molecule has 19 heavy (non-hydrogen) atoms. The minimum Gasteiger partial charge on any atom is -0.491 e. The predicted molar refractivity (Wildman–Crippen MR) is 79.4 cm³/mol. The van der Waals surface area contributed by atoms with Gasteiger partial charge in [0.15, 0.2) is 0 Å². The van der Waals surface area contributed by atoms with E-state index >= 15 is 0 Å². The van der Waals surface area contributed by atoms with E-state index in [-0.39, 0.29) is 6.10 Å². The molecule has 0 bridgehead atoms. The topological polar surface area (TPSA) is 60.2 Å². The van der Waals surface area contributed by atoms with E-state index in [4.69, 9.17) is 10.6 Å². The summed E-state index contributed by atoms with van der Waals surface area (Å²) in [6.45, 7) is 8.24. The van der Waals surface area contributed by atoms with E-state index in [1.807, 2.05) is 38.1 Å². The molecule has 0 spiro atoms. The van der Waals surface area contributed by atoms with Crippen molar-refractivity contribution in [1.29, 1.82) is 0 Å². The number of nitrogens with one attached hydrogen (secondary N) is 1. The Morgan fingerprint density at radius 2 is 1.89 bits per heavy atom. The zero-order valence-corrected chi connectivity index (χ0v) is 11.9. The lowest BCUT2D eigenvalue weighted by molar-refractivity contribution is 0.243. The molecule has 0 aliphatic rings. The lowest BCUT2D eigenvalue weighted by Gasteiger charge is -2.14. The Hall–Kier alpha value is -1.81. The molecule has 1 aromatic heterocycles. The average molecular weight is 259 g/mol. The fourth-order valence-corrected chi connectivity index (χ4v) is 1.99. The highest BCUT2D eigenvalue weighted by Crippen LogP contribution is 2.29. The van der Waals surface area contributed by atoms with Gasteiger partial charge >= 0.3 is 0 Å². The Morgan fingerprint density at radius 1 is 1.16 bits per heavy atom. The average Bonchev–Trinajstić information content (AvgIpc) is 2.36. The molecule has 0 amide bonds. The number of hydrogen-bond acceptors (Lipinski definition) is 4. The Morgan fingerprint density at radius 3 is 2.47 bits per heavy atom. The van der Waals surface area contributed by atoms with Crippen LogP contribution in [0.1, 0.15) is 39.3 Å². The summed E-state index contributed by atoms with van der Waals surface area (Å²) in [7, 11) is 0. The second-order valence-corrected chi connectivity index (χ2v) is 5.24. The summed E-state index contributed by atoms with van der Waals surface area (Å²) < 4.78 is 5.70. The van der Waals surface area contributed by atoms with Crippen molar-refractivity contribution in [3.8, 4) is 5.75 Å². The molecule has 0 atom stereocenters. The number of benzene rings is 1. The molecule has 1 heterocycles. The third-order valence-electron chi connectivity index (χ3n) is 2.92. The van der Waals surface area contributed by atoms with Crippen LogP contribution in [0.25, 0.3) is 10.9 Å². The third kappa shape index (κ3) is 2.96. The van der Waals surface area contributed by atoms with Crippen molar-refractivity contribution in [3.05, 3.63) is 30.0 Å². The number of nitrogens with two attached hydrogens (primary N) is 1. The summed E-state index contributed by atoms with van der Waals surface area (Å²) in [4.78, 5) is 4.65. The van der Waals surface area contributed by atoms with Gasteiger partial charge in [0.05, 0.1) is 17.3 Å². The lowest BCUT2D eigenvalue weighted by Crippen LogP contribution is -2.09. The molecule has 3 N–H and O–H groups in total. The van der Waals surface area contributed by atoms with E-state index in [0.29, 0.717) is 5.92 Å². The van der Waals surface area contributed by atoms with Crippen molar-refractivity contribution in [1.82, 2.24) is 4.98 Å². The number of pyridine rings is 1. The van der Waals surface area contributed by atoms with E-state index < -0.39 is 0 Å². The van der Waals surface area contributed by atoms with Crippen LogP contribution in [0.15, 0.2) is 24.3 Å². The molecule has 1 aromatic carbocycles. The second kappa shape index (κ2) is 5.45. The summed E-state index contributed by atoms with van der Waals surface area (Å²) in [5, 5.41) is 0.977. The van der Waals surface area contributed by atoms with Gasteiger partial charge in [0.25, 0.3) is 0 Å². The van der Waals surface area contributed by atoms with Gasteiger partial charge < -0.3 is 10.2 Å². The van der Waals surface area contributed by atoms with E-state index in [1.165, 1.54) is 0 Å². The zero-order chi connectivity index (χ0) is 14.0. The summed E-state index contributed by atoms with van der Waals surface area (Å²) in [5.74, 6) is 6.81. The number of hydrazine groups is 1. The summed E-state index contributed by atoms with van der Waals surface area (Å²) in [6, 6.07) is 7.88. The van der Waals surface area contributed by atoms with Crippen molar-refractivity contribution in [2.45, 2.75) is 39.7 Å². The standard InChI is InChI=1S/C15H21N3O/c1-9(2)14-8-15(18-16)12-7-11(19-10(3)4)5-6-13(12)17-14/h5-10H,16H2,1-4H3,(H,17,18). The van der Waals surface area contributed by atoms with E-state index in [0.717, 1.165) is 28.0 Å². The highest BCUT2D eigenvalue weighted by atomic mass is 16.5. The number of fused-ring (bicyclic) bond motifs is 1. The van der Waals surface area contributed by atoms with Crippen molar-refractivity contribution < 1.29 is 4.74 Å². The third-order valence-corrected chi connectivity index (χ3v) is 2.92. The number of ether oxygens (including phenoxy) is 1. The summed E-state index contributed by atoms with van der Waals surface area (Å²) in [6.07, 6.45) is 0.148. The van der Waals surface area contributed by atoms with Crippen LogP contribution in [0.2, 0.25) is 0 Å². The zero-order valence-electron chi connectivity index (χ0n) is 11.9. The molecule has 0 aliphatic carbocycles. The van der Waals surface area contributed by atoms with Gasteiger partial charge in [-0.3, -0.25) is 10.8 Å². The van der Waals surface area contributed by atoms with E-state index in [2.05, 4.69) is 24.3 Å². The molecule has 2 rings (SSSR count). The summed E-state index contributed by atoms with van der Waals surface area (Å²) >= 11 is 0. The Labute approximate surface area is 113 Å². The SMILES string of the molecule is CC(C)Oc1ccc2nc(C(C)C)cc(NN)c2c1. The van der Waals surface area contributed by atoms with Gasteiger partial charge in [-0.25, -0.2) is 0 Å². The number of hydrogen-bond donors (Lipinski definition) is 2. The molecule has 0 unspecified atom stereocenters. The maximum absolute atomic E-state index is 5.70. The molecule has 102 valence electrons. The van der Waals surface area contributed by atoms with Gasteiger partial charge in [-0.1, -0.05) is 13.8 Å². The monoisotopic (exact) mass is 259 g/mol. The minimum atomic E-state index is 0.148. The molecule has 0 saturated heterocycles. The van der Waals surface area contributed by atoms with Gasteiger partial charge in [0, 0.05) is 11.1 Å². The Bertz CT molecular complexity index is 579. The second-order valence-electron chi connectivity index (χ2n) is 5.24. The molecule has 2 aromatic rings. The molecular formula is C15H21N3O. The molecule has 0 aliphatic heterocycles. The molecule has 0 saturated carbocycles. The van der Waals surface area contributed by atoms with Crippen molar-refractivity contribution >= 4 is 16.6 Å². The number of aromatic nitrogens is 1. The Balaban J connectivity index is 2.55. The van der Waals surface area contributed by atoms with Gasteiger partial charge in [-0.05, 0) is 44.0 Å². The molecule has 0 radical (unpaired) electrons. The quantitative estimate of drug-likeness (QED) is 0.652. The van der Waals surface area contributed by atoms with Crippen LogP contribution in [-0.2, 0) is 0 Å². The first kappa shape index (κ1) is 13.6. The number of nitrogens with zero attached hydrogens (tertiary/aromatic N) is 1. The van der Waals surface area contributed by atoms with Gasteiger partial charge in [-0.15, -0.1) is 0 Å². The highest BCUT2D eigenvalue weighted by molar-refractivity contribution is 5.92. The van der Waals surface area contributed by atoms with Crippen molar-refractivity contribution in [2.24, 2.45) is 5.84 Å². The summed E-state index contributed by atoms with van der Waals surface area (Å²) in [5.41, 5.74) is 5.58. The Kier molecular flexibility index (Phi) is 3.90. The van der Waals surface area contributed by atoms with E-state index in [9.17, 15) is 0 Å². The number of rotatable bonds is 4. The van der Waals surface area contributed by atoms with Crippen LogP contribution in [0.5, 0.6) is 5.75 Å². The maximum Gasteiger partial charge on any atom is 0.120 e. The smallest absolute Gasteiger partial charge is 0.120 e. The van der Waals surface area contributed by atoms with Gasteiger partial charge in [0.2, 0.25) is 0 Å². The van der Waals surface area contributed by atoms with Gasteiger partial charge in [-0.2, -0.15) is 0 Å². The lowest BCUT2D eigenvalue weighted by atomic mass is 10.1. The first-order valence-corrected chi connectivity index (χ1v) is 6.59. The van der Waals surface area contributed by atoms with Crippen molar-refractivity contribution in [2.75, 3.05) is 5.43 Å². The maximum atomic E-state index is 5.70. The number of nitrogen functional groups attached to an aromatic ring is 1. The van der Waals surface area contributed by atoms with Crippen LogP contribution >= 0.6 is 0 Å². The van der Waals surface area contributed by atoms with Crippen LogP contribution in [0.4, 0.5) is 5.69 Å². The van der Waals surface area contributed by atoms with Crippen LogP contribution in [-0.4, -0.2) is 11.1 Å². The normalized spacial score (nSPS) is 11.3. The number of anilines is 1. The first-order chi connectivity index (χ1) is 9.01. The van der Waals surface area contributed by atoms with Crippen LogP contribution < -0.4 is 16.0 Å². The van der Waals surface area contributed by atoms with Crippen molar-refractivity contribution in [3.63, 3.8) is 0 Å². The molecule has 4 nitrogen and oxygen atoms in total.